The van der Waals surface area contributed by atoms with Gasteiger partial charge in [0.15, 0.2) is 0 Å². The standard InChI is InChI=1S/C24H31NO5S/c1-24(2,3)30-23(26)25(4)16-18-9-6-8-17-14-21(12-13-22(17)18)31(27,28)20-11-7-10-19(15-20)29-5/h7,10-15,18H,6,8-9,16H2,1-5H3. The Morgan fingerprint density at radius 3 is 2.52 bits per heavy atom. The second-order valence-corrected chi connectivity index (χ2v) is 10.9. The van der Waals surface area contributed by atoms with E-state index in [1.54, 1.807) is 42.3 Å². The number of hydrogen-bond donors (Lipinski definition) is 0. The Hall–Kier alpha value is -2.54. The highest BCUT2D eigenvalue weighted by Crippen LogP contribution is 2.35. The highest BCUT2D eigenvalue weighted by atomic mass is 32.2. The minimum Gasteiger partial charge on any atom is -0.497 e. The van der Waals surface area contributed by atoms with Gasteiger partial charge in [-0.05, 0) is 81.5 Å². The van der Waals surface area contributed by atoms with Crippen molar-refractivity contribution in [2.45, 2.75) is 61.3 Å². The fourth-order valence-corrected chi connectivity index (χ4v) is 5.24. The number of nitrogens with zero attached hydrogens (tertiary/aromatic N) is 1. The van der Waals surface area contributed by atoms with Gasteiger partial charge in [0.1, 0.15) is 11.4 Å². The molecule has 1 amide bonds. The molecule has 31 heavy (non-hydrogen) atoms. The predicted octanol–water partition coefficient (Wildman–Crippen LogP) is 4.81. The molecular formula is C24H31NO5S. The zero-order valence-corrected chi connectivity index (χ0v) is 19.7. The molecule has 0 saturated heterocycles. The highest BCUT2D eigenvalue weighted by Gasteiger charge is 2.27. The van der Waals surface area contributed by atoms with Crippen molar-refractivity contribution in [3.8, 4) is 5.75 Å². The quantitative estimate of drug-likeness (QED) is 0.660. The third-order valence-corrected chi connectivity index (χ3v) is 7.16. The van der Waals surface area contributed by atoms with Crippen LogP contribution < -0.4 is 4.74 Å². The second-order valence-electron chi connectivity index (χ2n) is 8.99. The maximum absolute atomic E-state index is 13.1. The zero-order chi connectivity index (χ0) is 22.8. The molecule has 0 heterocycles. The first-order valence-electron chi connectivity index (χ1n) is 10.5. The number of likely N-dealkylation sites (N-methyl/N-ethyl adjacent to an activating group) is 1. The summed E-state index contributed by atoms with van der Waals surface area (Å²) in [4.78, 5) is 14.4. The monoisotopic (exact) mass is 445 g/mol. The lowest BCUT2D eigenvalue weighted by Crippen LogP contribution is -2.37. The van der Waals surface area contributed by atoms with E-state index in [1.165, 1.54) is 13.2 Å². The van der Waals surface area contributed by atoms with Crippen LogP contribution in [0, 0.1) is 0 Å². The van der Waals surface area contributed by atoms with Crippen molar-refractivity contribution >= 4 is 15.9 Å². The fraction of sp³-hybridized carbons (Fsp3) is 0.458. The van der Waals surface area contributed by atoms with Crippen LogP contribution in [0.1, 0.15) is 50.7 Å². The summed E-state index contributed by atoms with van der Waals surface area (Å²) in [5, 5.41) is 0. The van der Waals surface area contributed by atoms with Gasteiger partial charge in [-0.2, -0.15) is 0 Å². The van der Waals surface area contributed by atoms with E-state index < -0.39 is 15.4 Å². The van der Waals surface area contributed by atoms with Gasteiger partial charge in [-0.1, -0.05) is 12.1 Å². The minimum atomic E-state index is -3.64. The number of methoxy groups -OCH3 is 1. The maximum atomic E-state index is 13.1. The van der Waals surface area contributed by atoms with Crippen molar-refractivity contribution < 1.29 is 22.7 Å². The number of ether oxygens (including phenoxy) is 2. The molecule has 3 rings (SSSR count). The molecule has 0 radical (unpaired) electrons. The van der Waals surface area contributed by atoms with E-state index >= 15 is 0 Å². The molecule has 0 aliphatic heterocycles. The first-order chi connectivity index (χ1) is 14.5. The lowest BCUT2D eigenvalue weighted by molar-refractivity contribution is 0.0286. The highest BCUT2D eigenvalue weighted by molar-refractivity contribution is 7.91. The lowest BCUT2D eigenvalue weighted by Gasteiger charge is -2.31. The molecule has 1 unspecified atom stereocenters. The lowest BCUT2D eigenvalue weighted by atomic mass is 9.82. The number of aryl methyl sites for hydroxylation is 1. The molecule has 1 atom stereocenters. The van der Waals surface area contributed by atoms with Gasteiger partial charge in [0.05, 0.1) is 16.9 Å². The third-order valence-electron chi connectivity index (χ3n) is 5.41. The van der Waals surface area contributed by atoms with Gasteiger partial charge in [-0.15, -0.1) is 0 Å². The second kappa shape index (κ2) is 8.91. The molecule has 168 valence electrons. The molecule has 0 N–H and O–H groups in total. The van der Waals surface area contributed by atoms with Gasteiger partial charge < -0.3 is 14.4 Å². The van der Waals surface area contributed by atoms with Crippen molar-refractivity contribution in [3.63, 3.8) is 0 Å². The van der Waals surface area contributed by atoms with Crippen molar-refractivity contribution in [3.05, 3.63) is 53.6 Å². The summed E-state index contributed by atoms with van der Waals surface area (Å²) in [6, 6.07) is 11.9. The molecule has 1 aliphatic carbocycles. The van der Waals surface area contributed by atoms with E-state index in [9.17, 15) is 13.2 Å². The van der Waals surface area contributed by atoms with E-state index in [-0.39, 0.29) is 21.8 Å². The first-order valence-corrected chi connectivity index (χ1v) is 12.0. The van der Waals surface area contributed by atoms with E-state index in [4.69, 9.17) is 9.47 Å². The molecule has 2 aromatic carbocycles. The molecule has 0 spiro atoms. The van der Waals surface area contributed by atoms with Crippen molar-refractivity contribution in [2.24, 2.45) is 0 Å². The van der Waals surface area contributed by atoms with Crippen LogP contribution in [0.3, 0.4) is 0 Å². The Labute approximate surface area is 185 Å². The summed E-state index contributed by atoms with van der Waals surface area (Å²) in [6.45, 7) is 6.07. The van der Waals surface area contributed by atoms with E-state index in [1.807, 2.05) is 26.8 Å². The third kappa shape index (κ3) is 5.39. The summed E-state index contributed by atoms with van der Waals surface area (Å²) in [7, 11) is -0.391. The Balaban J connectivity index is 1.84. The predicted molar refractivity (Wildman–Crippen MR) is 119 cm³/mol. The van der Waals surface area contributed by atoms with Crippen molar-refractivity contribution in [1.82, 2.24) is 4.90 Å². The maximum Gasteiger partial charge on any atom is 0.410 e. The van der Waals surface area contributed by atoms with E-state index in [0.717, 1.165) is 30.4 Å². The van der Waals surface area contributed by atoms with Crippen LogP contribution in [0.15, 0.2) is 52.3 Å². The Bertz CT molecular complexity index is 1060. The van der Waals surface area contributed by atoms with Gasteiger partial charge in [-0.3, -0.25) is 0 Å². The Morgan fingerprint density at radius 1 is 1.13 bits per heavy atom. The Kier molecular flexibility index (Phi) is 6.65. The molecule has 7 heteroatoms. The fourth-order valence-electron chi connectivity index (χ4n) is 3.90. The summed E-state index contributed by atoms with van der Waals surface area (Å²) in [6.07, 6.45) is 2.37. The van der Waals surface area contributed by atoms with Crippen LogP contribution in [0.4, 0.5) is 4.79 Å². The Morgan fingerprint density at radius 2 is 1.84 bits per heavy atom. The molecule has 1 aliphatic rings. The van der Waals surface area contributed by atoms with Gasteiger partial charge in [0.25, 0.3) is 0 Å². The van der Waals surface area contributed by atoms with Crippen LogP contribution in [0.2, 0.25) is 0 Å². The van der Waals surface area contributed by atoms with Crippen LogP contribution in [-0.4, -0.2) is 45.7 Å². The van der Waals surface area contributed by atoms with Gasteiger partial charge in [0, 0.05) is 19.5 Å². The topological polar surface area (TPSA) is 72.9 Å². The van der Waals surface area contributed by atoms with Gasteiger partial charge >= 0.3 is 6.09 Å². The smallest absolute Gasteiger partial charge is 0.410 e. The van der Waals surface area contributed by atoms with E-state index in [2.05, 4.69) is 0 Å². The number of carbonyl (C=O) groups is 1. The van der Waals surface area contributed by atoms with Gasteiger partial charge in [-0.25, -0.2) is 13.2 Å². The normalized spacial score (nSPS) is 16.4. The largest absolute Gasteiger partial charge is 0.497 e. The number of sulfone groups is 1. The molecule has 0 aromatic heterocycles. The summed E-state index contributed by atoms with van der Waals surface area (Å²) in [5.74, 6) is 0.652. The number of fused-ring (bicyclic) bond motifs is 1. The van der Waals surface area contributed by atoms with Crippen LogP contribution in [-0.2, 0) is 21.0 Å². The molecule has 2 aromatic rings. The van der Waals surface area contributed by atoms with Crippen molar-refractivity contribution in [2.75, 3.05) is 20.7 Å². The van der Waals surface area contributed by atoms with Gasteiger partial charge in [0.2, 0.25) is 9.84 Å². The van der Waals surface area contributed by atoms with Crippen molar-refractivity contribution in [1.29, 1.82) is 0 Å². The van der Waals surface area contributed by atoms with E-state index in [0.29, 0.717) is 12.3 Å². The number of benzene rings is 2. The zero-order valence-electron chi connectivity index (χ0n) is 18.8. The number of amides is 1. The first kappa shape index (κ1) is 23.1. The average molecular weight is 446 g/mol. The molecule has 0 fully saturated rings. The summed E-state index contributed by atoms with van der Waals surface area (Å²) >= 11 is 0. The summed E-state index contributed by atoms with van der Waals surface area (Å²) in [5.41, 5.74) is 1.59. The number of rotatable bonds is 5. The van der Waals surface area contributed by atoms with Crippen LogP contribution in [0.25, 0.3) is 0 Å². The van der Waals surface area contributed by atoms with Crippen LogP contribution >= 0.6 is 0 Å². The van der Waals surface area contributed by atoms with Crippen LogP contribution in [0.5, 0.6) is 5.75 Å². The average Bonchev–Trinajstić information content (AvgIpc) is 2.72. The summed E-state index contributed by atoms with van der Waals surface area (Å²) < 4.78 is 36.9. The molecule has 6 nitrogen and oxygen atoms in total. The minimum absolute atomic E-state index is 0.148. The molecule has 0 saturated carbocycles. The number of hydrogen-bond acceptors (Lipinski definition) is 5. The SMILES string of the molecule is COc1cccc(S(=O)(=O)c2ccc3c(c2)CCCC3CN(C)C(=O)OC(C)(C)C)c1. The number of carbonyl (C=O) groups excluding carboxylic acids is 1. The molecular weight excluding hydrogens is 414 g/mol. The molecule has 0 bridgehead atoms.